The molecular formula is C13H18N6OS. The summed E-state index contributed by atoms with van der Waals surface area (Å²) in [6.07, 6.45) is 3.96. The van der Waals surface area contributed by atoms with Gasteiger partial charge in [0.05, 0.1) is 16.9 Å². The number of hydrogen-bond acceptors (Lipinski definition) is 7. The summed E-state index contributed by atoms with van der Waals surface area (Å²) in [5.74, 6) is 5.88. The molecule has 0 saturated heterocycles. The topological polar surface area (TPSA) is 106 Å². The highest BCUT2D eigenvalue weighted by molar-refractivity contribution is 7.09. The molecule has 0 aromatic carbocycles. The van der Waals surface area contributed by atoms with Crippen LogP contribution in [-0.4, -0.2) is 27.4 Å². The molecule has 21 heavy (non-hydrogen) atoms. The van der Waals surface area contributed by atoms with Crippen LogP contribution in [0, 0.1) is 0 Å². The van der Waals surface area contributed by atoms with Crippen LogP contribution in [0.25, 0.3) is 0 Å². The van der Waals surface area contributed by atoms with E-state index in [1.807, 2.05) is 19.2 Å². The van der Waals surface area contributed by atoms with E-state index in [1.54, 1.807) is 17.5 Å². The molecule has 2 heterocycles. The maximum absolute atomic E-state index is 12.2. The zero-order chi connectivity index (χ0) is 15.2. The Labute approximate surface area is 127 Å². The molecule has 2 rings (SSSR count). The monoisotopic (exact) mass is 306 g/mol. The molecule has 8 heteroatoms. The number of thiazole rings is 1. The van der Waals surface area contributed by atoms with Crippen molar-refractivity contribution in [3.63, 3.8) is 0 Å². The van der Waals surface area contributed by atoms with Crippen molar-refractivity contribution in [1.82, 2.24) is 20.3 Å². The molecule has 0 spiro atoms. The summed E-state index contributed by atoms with van der Waals surface area (Å²) in [4.78, 5) is 24.8. The van der Waals surface area contributed by atoms with Crippen LogP contribution in [0.2, 0.25) is 0 Å². The van der Waals surface area contributed by atoms with E-state index >= 15 is 0 Å². The number of hydrazine groups is 1. The van der Waals surface area contributed by atoms with Crippen LogP contribution in [0.4, 0.5) is 5.69 Å². The fraction of sp³-hybridized carbons (Fsp3) is 0.385. The van der Waals surface area contributed by atoms with Gasteiger partial charge in [-0.1, -0.05) is 13.8 Å². The van der Waals surface area contributed by atoms with Gasteiger partial charge >= 0.3 is 0 Å². The van der Waals surface area contributed by atoms with E-state index in [0.29, 0.717) is 24.5 Å². The summed E-state index contributed by atoms with van der Waals surface area (Å²) in [6.45, 7) is 4.43. The lowest BCUT2D eigenvalue weighted by molar-refractivity contribution is 0.0949. The molecule has 0 aliphatic heterocycles. The average molecular weight is 306 g/mol. The lowest BCUT2D eigenvalue weighted by Gasteiger charge is -2.11. The lowest BCUT2D eigenvalue weighted by atomic mass is 10.2. The SMILES string of the molecule is CC(C)c1ncc(NN)c(C(=O)NCCc2nccs2)n1. The molecular weight excluding hydrogens is 288 g/mol. The second-order valence-corrected chi connectivity index (χ2v) is 5.70. The Bertz CT molecular complexity index is 599. The maximum Gasteiger partial charge on any atom is 0.272 e. The van der Waals surface area contributed by atoms with Gasteiger partial charge in [0, 0.05) is 30.5 Å². The number of hydrogen-bond donors (Lipinski definition) is 3. The van der Waals surface area contributed by atoms with Crippen LogP contribution in [-0.2, 0) is 6.42 Å². The first kappa shape index (κ1) is 15.3. The Morgan fingerprint density at radius 2 is 2.24 bits per heavy atom. The van der Waals surface area contributed by atoms with Crippen molar-refractivity contribution < 1.29 is 4.79 Å². The minimum absolute atomic E-state index is 0.138. The van der Waals surface area contributed by atoms with Crippen LogP contribution >= 0.6 is 11.3 Å². The third kappa shape index (κ3) is 3.96. The molecule has 112 valence electrons. The molecule has 2 aromatic rings. The number of carbonyl (C=O) groups excluding carboxylic acids is 1. The number of carbonyl (C=O) groups is 1. The zero-order valence-electron chi connectivity index (χ0n) is 12.0. The molecule has 0 atom stereocenters. The molecule has 7 nitrogen and oxygen atoms in total. The molecule has 0 aliphatic rings. The number of rotatable bonds is 6. The van der Waals surface area contributed by atoms with Crippen LogP contribution in [0.15, 0.2) is 17.8 Å². The Morgan fingerprint density at radius 3 is 2.86 bits per heavy atom. The fourth-order valence-electron chi connectivity index (χ4n) is 1.70. The molecule has 1 amide bonds. The highest BCUT2D eigenvalue weighted by Gasteiger charge is 2.15. The zero-order valence-corrected chi connectivity index (χ0v) is 12.8. The van der Waals surface area contributed by atoms with Crippen molar-refractivity contribution in [1.29, 1.82) is 0 Å². The summed E-state index contributed by atoms with van der Waals surface area (Å²) in [6, 6.07) is 0. The molecule has 2 aromatic heterocycles. The van der Waals surface area contributed by atoms with Crippen molar-refractivity contribution in [3.05, 3.63) is 34.3 Å². The highest BCUT2D eigenvalue weighted by atomic mass is 32.1. The summed E-state index contributed by atoms with van der Waals surface area (Å²) < 4.78 is 0. The Kier molecular flexibility index (Phi) is 5.18. The second-order valence-electron chi connectivity index (χ2n) is 4.72. The number of anilines is 1. The first-order valence-corrected chi connectivity index (χ1v) is 7.50. The molecule has 4 N–H and O–H groups in total. The highest BCUT2D eigenvalue weighted by Crippen LogP contribution is 2.15. The Hall–Kier alpha value is -2.06. The van der Waals surface area contributed by atoms with E-state index in [0.717, 1.165) is 5.01 Å². The fourth-order valence-corrected chi connectivity index (χ4v) is 2.32. The average Bonchev–Trinajstić information content (AvgIpc) is 2.99. The van der Waals surface area contributed by atoms with Crippen LogP contribution in [0.3, 0.4) is 0 Å². The Morgan fingerprint density at radius 1 is 1.43 bits per heavy atom. The molecule has 0 aliphatic carbocycles. The predicted octanol–water partition coefficient (Wildman–Crippen LogP) is 1.31. The first-order chi connectivity index (χ1) is 10.1. The predicted molar refractivity (Wildman–Crippen MR) is 82.1 cm³/mol. The number of nitrogens with zero attached hydrogens (tertiary/aromatic N) is 3. The van der Waals surface area contributed by atoms with Gasteiger partial charge in [-0.3, -0.25) is 10.6 Å². The largest absolute Gasteiger partial charge is 0.350 e. The van der Waals surface area contributed by atoms with Gasteiger partial charge < -0.3 is 10.7 Å². The van der Waals surface area contributed by atoms with Gasteiger partial charge in [0.15, 0.2) is 5.69 Å². The third-order valence-corrected chi connectivity index (χ3v) is 3.64. The van der Waals surface area contributed by atoms with Gasteiger partial charge in [0.2, 0.25) is 0 Å². The molecule has 0 unspecified atom stereocenters. The number of aromatic nitrogens is 3. The number of nitrogen functional groups attached to an aromatic ring is 1. The lowest BCUT2D eigenvalue weighted by Crippen LogP contribution is -2.29. The maximum atomic E-state index is 12.2. The first-order valence-electron chi connectivity index (χ1n) is 6.62. The van der Waals surface area contributed by atoms with E-state index in [4.69, 9.17) is 5.84 Å². The summed E-state index contributed by atoms with van der Waals surface area (Å²) in [5.41, 5.74) is 3.12. The van der Waals surface area contributed by atoms with Crippen molar-refractivity contribution in [3.8, 4) is 0 Å². The molecule has 0 fully saturated rings. The minimum atomic E-state index is -0.274. The molecule has 0 saturated carbocycles. The van der Waals surface area contributed by atoms with E-state index in [1.165, 1.54) is 6.20 Å². The van der Waals surface area contributed by atoms with Crippen LogP contribution < -0.4 is 16.6 Å². The van der Waals surface area contributed by atoms with Gasteiger partial charge in [0.25, 0.3) is 5.91 Å². The van der Waals surface area contributed by atoms with E-state index < -0.39 is 0 Å². The normalized spacial score (nSPS) is 10.7. The minimum Gasteiger partial charge on any atom is -0.350 e. The van der Waals surface area contributed by atoms with Crippen molar-refractivity contribution in [2.24, 2.45) is 5.84 Å². The summed E-state index contributed by atoms with van der Waals surface area (Å²) >= 11 is 1.56. The number of amides is 1. The molecule has 0 bridgehead atoms. The van der Waals surface area contributed by atoms with Gasteiger partial charge in [-0.25, -0.2) is 15.0 Å². The number of nitrogens with two attached hydrogens (primary N) is 1. The number of nitrogens with one attached hydrogen (secondary N) is 2. The van der Waals surface area contributed by atoms with Crippen molar-refractivity contribution in [2.75, 3.05) is 12.0 Å². The molecule has 0 radical (unpaired) electrons. The van der Waals surface area contributed by atoms with Gasteiger partial charge in [-0.15, -0.1) is 11.3 Å². The summed E-state index contributed by atoms with van der Waals surface area (Å²) in [5, 5.41) is 5.71. The quantitative estimate of drug-likeness (QED) is 0.549. The Balaban J connectivity index is 2.04. The second kappa shape index (κ2) is 7.09. The van der Waals surface area contributed by atoms with Crippen LogP contribution in [0.5, 0.6) is 0 Å². The standard InChI is InChI=1S/C13H18N6OS/c1-8(2)12-17-7-9(19-14)11(18-12)13(20)16-4-3-10-15-5-6-21-10/h5-8,19H,3-4,14H2,1-2H3,(H,16,20). The van der Waals surface area contributed by atoms with Gasteiger partial charge in [-0.2, -0.15) is 0 Å². The van der Waals surface area contributed by atoms with E-state index in [-0.39, 0.29) is 17.5 Å². The van der Waals surface area contributed by atoms with Crippen LogP contribution in [0.1, 0.15) is 41.1 Å². The van der Waals surface area contributed by atoms with E-state index in [9.17, 15) is 4.79 Å². The van der Waals surface area contributed by atoms with Crippen molar-refractivity contribution in [2.45, 2.75) is 26.2 Å². The van der Waals surface area contributed by atoms with E-state index in [2.05, 4.69) is 25.7 Å². The smallest absolute Gasteiger partial charge is 0.272 e. The van der Waals surface area contributed by atoms with Gasteiger partial charge in [0.1, 0.15) is 5.82 Å². The van der Waals surface area contributed by atoms with Crippen molar-refractivity contribution >= 4 is 22.9 Å². The van der Waals surface area contributed by atoms with Gasteiger partial charge in [-0.05, 0) is 0 Å². The summed E-state index contributed by atoms with van der Waals surface area (Å²) in [7, 11) is 0. The third-order valence-electron chi connectivity index (χ3n) is 2.80.